The molecule has 0 aliphatic carbocycles. The van der Waals surface area contributed by atoms with E-state index in [9.17, 15) is 19.2 Å². The van der Waals surface area contributed by atoms with Crippen molar-refractivity contribution in [1.29, 1.82) is 5.26 Å². The molecular weight excluding hydrogens is 521 g/mol. The first kappa shape index (κ1) is 27.7. The van der Waals surface area contributed by atoms with Crippen molar-refractivity contribution in [3.8, 4) is 17.6 Å². The SMILES string of the molecule is COc1ccccc1C(c1cccc2ccccc12)C(C)(C#N)C(=O)N1CCN(C(=O)Oc2ccc(F)cc2)CC1. The fourth-order valence-corrected chi connectivity index (χ4v) is 5.52. The normalized spacial score (nSPS) is 15.5. The molecule has 1 aliphatic heterocycles. The third-order valence-electron chi connectivity index (χ3n) is 7.68. The van der Waals surface area contributed by atoms with Gasteiger partial charge in [0.25, 0.3) is 0 Å². The molecule has 0 radical (unpaired) electrons. The number of hydrogen-bond donors (Lipinski definition) is 0. The molecule has 0 saturated carbocycles. The van der Waals surface area contributed by atoms with Crippen LogP contribution in [0.2, 0.25) is 0 Å². The van der Waals surface area contributed by atoms with Crippen LogP contribution in [0.15, 0.2) is 91.0 Å². The van der Waals surface area contributed by atoms with Gasteiger partial charge < -0.3 is 19.3 Å². The van der Waals surface area contributed by atoms with E-state index in [-0.39, 0.29) is 37.8 Å². The van der Waals surface area contributed by atoms with Gasteiger partial charge in [-0.1, -0.05) is 60.7 Å². The van der Waals surface area contributed by atoms with E-state index in [0.717, 1.165) is 21.9 Å². The van der Waals surface area contributed by atoms with Gasteiger partial charge in [-0.2, -0.15) is 5.26 Å². The molecule has 0 spiro atoms. The minimum atomic E-state index is -1.49. The van der Waals surface area contributed by atoms with Crippen molar-refractivity contribution in [2.45, 2.75) is 12.8 Å². The van der Waals surface area contributed by atoms with Gasteiger partial charge in [0.15, 0.2) is 0 Å². The molecule has 41 heavy (non-hydrogen) atoms. The van der Waals surface area contributed by atoms with Crippen LogP contribution in [0.3, 0.4) is 0 Å². The quantitative estimate of drug-likeness (QED) is 0.294. The lowest BCUT2D eigenvalue weighted by Gasteiger charge is -2.40. The second-order valence-corrected chi connectivity index (χ2v) is 10.2. The summed E-state index contributed by atoms with van der Waals surface area (Å²) in [7, 11) is 1.58. The second kappa shape index (κ2) is 11.7. The summed E-state index contributed by atoms with van der Waals surface area (Å²) < 4.78 is 24.3. The Morgan fingerprint density at radius 2 is 1.46 bits per heavy atom. The molecule has 0 N–H and O–H groups in total. The molecule has 0 bridgehead atoms. The number of carbonyl (C=O) groups is 2. The number of ether oxygens (including phenoxy) is 2. The molecule has 8 heteroatoms. The summed E-state index contributed by atoms with van der Waals surface area (Å²) in [6, 6.07) is 28.9. The smallest absolute Gasteiger partial charge is 0.415 e. The average Bonchev–Trinajstić information content (AvgIpc) is 3.02. The zero-order valence-electron chi connectivity index (χ0n) is 22.9. The number of carbonyl (C=O) groups excluding carboxylic acids is 2. The van der Waals surface area contributed by atoms with E-state index in [1.807, 2.05) is 66.7 Å². The second-order valence-electron chi connectivity index (χ2n) is 10.2. The van der Waals surface area contributed by atoms with Gasteiger partial charge in [-0.05, 0) is 53.6 Å². The Morgan fingerprint density at radius 1 is 0.854 bits per heavy atom. The first-order chi connectivity index (χ1) is 19.9. The topological polar surface area (TPSA) is 82.9 Å². The predicted octanol–water partition coefficient (Wildman–Crippen LogP) is 5.99. The predicted molar refractivity (Wildman–Crippen MR) is 153 cm³/mol. The Labute approximate surface area is 238 Å². The van der Waals surface area contributed by atoms with Crippen molar-refractivity contribution >= 4 is 22.8 Å². The van der Waals surface area contributed by atoms with Gasteiger partial charge in [-0.15, -0.1) is 0 Å². The number of methoxy groups -OCH3 is 1. The van der Waals surface area contributed by atoms with Crippen LogP contribution in [-0.4, -0.2) is 55.1 Å². The number of amides is 2. The van der Waals surface area contributed by atoms with Crippen LogP contribution < -0.4 is 9.47 Å². The minimum Gasteiger partial charge on any atom is -0.496 e. The van der Waals surface area contributed by atoms with E-state index in [0.29, 0.717) is 5.75 Å². The molecule has 1 fully saturated rings. The van der Waals surface area contributed by atoms with E-state index in [4.69, 9.17) is 9.47 Å². The van der Waals surface area contributed by atoms with Crippen molar-refractivity contribution in [1.82, 2.24) is 9.80 Å². The maximum atomic E-state index is 14.3. The van der Waals surface area contributed by atoms with E-state index in [1.54, 1.807) is 18.9 Å². The van der Waals surface area contributed by atoms with Crippen molar-refractivity contribution in [3.05, 3.63) is 108 Å². The number of fused-ring (bicyclic) bond motifs is 1. The molecule has 0 aromatic heterocycles. The highest BCUT2D eigenvalue weighted by Gasteiger charge is 2.48. The number of piperazine rings is 1. The molecule has 2 atom stereocenters. The lowest BCUT2D eigenvalue weighted by molar-refractivity contribution is -0.140. The highest BCUT2D eigenvalue weighted by Crippen LogP contribution is 2.47. The van der Waals surface area contributed by atoms with Crippen LogP contribution in [0.25, 0.3) is 10.8 Å². The molecule has 1 aliphatic rings. The Balaban J connectivity index is 1.44. The average molecular weight is 552 g/mol. The minimum absolute atomic E-state index is 0.237. The third kappa shape index (κ3) is 5.44. The van der Waals surface area contributed by atoms with Gasteiger partial charge in [0.2, 0.25) is 5.91 Å². The van der Waals surface area contributed by atoms with E-state index in [1.165, 1.54) is 29.2 Å². The maximum absolute atomic E-state index is 14.3. The number of nitriles is 1. The van der Waals surface area contributed by atoms with Crippen molar-refractivity contribution in [2.75, 3.05) is 33.3 Å². The Bertz CT molecular complexity index is 1600. The molecule has 7 nitrogen and oxygen atoms in total. The summed E-state index contributed by atoms with van der Waals surface area (Å²) >= 11 is 0. The van der Waals surface area contributed by atoms with Gasteiger partial charge in [-0.25, -0.2) is 9.18 Å². The number of nitrogens with zero attached hydrogens (tertiary/aromatic N) is 3. The zero-order chi connectivity index (χ0) is 29.0. The van der Waals surface area contributed by atoms with Crippen LogP contribution >= 0.6 is 0 Å². The Morgan fingerprint density at radius 3 is 2.17 bits per heavy atom. The molecule has 5 rings (SSSR count). The molecule has 4 aromatic rings. The number of halogens is 1. The summed E-state index contributed by atoms with van der Waals surface area (Å²) in [5, 5.41) is 12.6. The van der Waals surface area contributed by atoms with Crippen LogP contribution in [0.5, 0.6) is 11.5 Å². The molecule has 2 amide bonds. The van der Waals surface area contributed by atoms with E-state index in [2.05, 4.69) is 6.07 Å². The highest BCUT2D eigenvalue weighted by molar-refractivity contribution is 5.91. The van der Waals surface area contributed by atoms with Gasteiger partial charge >= 0.3 is 6.09 Å². The number of para-hydroxylation sites is 1. The summed E-state index contributed by atoms with van der Waals surface area (Å²) in [5.74, 6) is -0.554. The standard InChI is InChI=1S/C33H30FN3O4/c1-33(22-35,31(38)36-18-20-37(21-19-36)32(39)41-25-16-14-24(34)15-17-25)30(28-11-5-6-13-29(28)40-2)27-12-7-9-23-8-3-4-10-26(23)27/h3-17,30H,18-21H2,1-2H3. The van der Waals surface area contributed by atoms with Crippen molar-refractivity contribution < 1.29 is 23.5 Å². The lowest BCUT2D eigenvalue weighted by Crippen LogP contribution is -2.55. The fraction of sp³-hybridized carbons (Fsp3) is 0.242. The summed E-state index contributed by atoms with van der Waals surface area (Å²) in [6.07, 6.45) is -0.575. The fourth-order valence-electron chi connectivity index (χ4n) is 5.52. The zero-order valence-corrected chi connectivity index (χ0v) is 22.9. The van der Waals surface area contributed by atoms with Crippen molar-refractivity contribution in [2.24, 2.45) is 5.41 Å². The van der Waals surface area contributed by atoms with Crippen LogP contribution in [0.1, 0.15) is 24.0 Å². The monoisotopic (exact) mass is 551 g/mol. The summed E-state index contributed by atoms with van der Waals surface area (Å²) in [5.41, 5.74) is 0.104. The summed E-state index contributed by atoms with van der Waals surface area (Å²) in [4.78, 5) is 30.1. The Hall–Kier alpha value is -4.90. The molecule has 2 unspecified atom stereocenters. The molecule has 4 aromatic carbocycles. The summed E-state index contributed by atoms with van der Waals surface area (Å²) in [6.45, 7) is 2.64. The van der Waals surface area contributed by atoms with E-state index < -0.39 is 23.2 Å². The maximum Gasteiger partial charge on any atom is 0.415 e. The number of rotatable bonds is 6. The Kier molecular flexibility index (Phi) is 7.88. The van der Waals surface area contributed by atoms with Gasteiger partial charge in [0, 0.05) is 37.7 Å². The first-order valence-electron chi connectivity index (χ1n) is 13.4. The largest absolute Gasteiger partial charge is 0.496 e. The van der Waals surface area contributed by atoms with Gasteiger partial charge in [0.1, 0.15) is 22.7 Å². The van der Waals surface area contributed by atoms with Gasteiger partial charge in [-0.3, -0.25) is 4.79 Å². The molecule has 1 saturated heterocycles. The van der Waals surface area contributed by atoms with Crippen LogP contribution in [-0.2, 0) is 4.79 Å². The third-order valence-corrected chi connectivity index (χ3v) is 7.68. The van der Waals surface area contributed by atoms with Crippen LogP contribution in [0, 0.1) is 22.6 Å². The molecule has 208 valence electrons. The van der Waals surface area contributed by atoms with E-state index >= 15 is 0 Å². The molecular formula is C33H30FN3O4. The van der Waals surface area contributed by atoms with Crippen LogP contribution in [0.4, 0.5) is 9.18 Å². The number of benzene rings is 4. The highest BCUT2D eigenvalue weighted by atomic mass is 19.1. The first-order valence-corrected chi connectivity index (χ1v) is 13.4. The van der Waals surface area contributed by atoms with Crippen molar-refractivity contribution in [3.63, 3.8) is 0 Å². The lowest BCUT2D eigenvalue weighted by atomic mass is 9.68. The molecule has 1 heterocycles. The number of hydrogen-bond acceptors (Lipinski definition) is 5. The van der Waals surface area contributed by atoms with Gasteiger partial charge in [0.05, 0.1) is 13.2 Å².